The Balaban J connectivity index is 1.70. The maximum atomic E-state index is 13.2. The molecule has 7 nitrogen and oxygen atoms in total. The summed E-state index contributed by atoms with van der Waals surface area (Å²) < 4.78 is 3.79. The summed E-state index contributed by atoms with van der Waals surface area (Å²) in [5.74, 6) is -1.13. The number of nitrogens with zero attached hydrogens (tertiary/aromatic N) is 3. The van der Waals surface area contributed by atoms with Crippen LogP contribution < -0.4 is 0 Å². The lowest BCUT2D eigenvalue weighted by molar-refractivity contribution is -0.161. The molecule has 9 heteroatoms. The van der Waals surface area contributed by atoms with E-state index in [1.54, 1.807) is 16.3 Å². The Labute approximate surface area is 169 Å². The predicted octanol–water partition coefficient (Wildman–Crippen LogP) is 3.67. The maximum absolute atomic E-state index is 13.2. The van der Waals surface area contributed by atoms with E-state index in [4.69, 9.17) is 11.6 Å². The number of carboxylic acids is 1. The van der Waals surface area contributed by atoms with Gasteiger partial charge >= 0.3 is 5.97 Å². The number of rotatable bonds is 3. The number of fused-ring (bicyclic) bond motifs is 3. The van der Waals surface area contributed by atoms with Crippen LogP contribution >= 0.6 is 23.1 Å². The van der Waals surface area contributed by atoms with Crippen molar-refractivity contribution in [2.45, 2.75) is 31.7 Å². The molecule has 5 rings (SSSR count). The van der Waals surface area contributed by atoms with Crippen molar-refractivity contribution in [3.63, 3.8) is 0 Å². The molecule has 0 radical (unpaired) electrons. The van der Waals surface area contributed by atoms with Gasteiger partial charge < -0.3 is 15.0 Å². The number of carbonyl (C=O) groups is 2. The van der Waals surface area contributed by atoms with E-state index in [0.717, 1.165) is 40.1 Å². The van der Waals surface area contributed by atoms with Gasteiger partial charge in [0, 0.05) is 33.5 Å². The van der Waals surface area contributed by atoms with Gasteiger partial charge in [0.25, 0.3) is 5.91 Å². The number of benzene rings is 1. The molecule has 2 N–H and O–H groups in total. The summed E-state index contributed by atoms with van der Waals surface area (Å²) in [6.45, 7) is 0.433. The van der Waals surface area contributed by atoms with Crippen LogP contribution in [-0.4, -0.2) is 43.0 Å². The summed E-state index contributed by atoms with van der Waals surface area (Å²) in [5.41, 5.74) is 2.04. The van der Waals surface area contributed by atoms with E-state index in [9.17, 15) is 14.7 Å². The summed E-state index contributed by atoms with van der Waals surface area (Å²) in [5, 5.41) is 17.3. The fourth-order valence-electron chi connectivity index (χ4n) is 4.62. The summed E-state index contributed by atoms with van der Waals surface area (Å²) in [6.07, 6.45) is 2.55. The first-order chi connectivity index (χ1) is 13.5. The Kier molecular flexibility index (Phi) is 3.96. The SMILES string of the molecule is O=C(c1csnn1)N1CCc2c([nH]c3ccc(Cl)cc23)C1C1(C(=O)O)CCC1. The Morgan fingerprint density at radius 2 is 2.18 bits per heavy atom. The van der Waals surface area contributed by atoms with Gasteiger partial charge in [-0.2, -0.15) is 0 Å². The van der Waals surface area contributed by atoms with Crippen molar-refractivity contribution in [3.8, 4) is 0 Å². The number of H-pyrrole nitrogens is 1. The fourth-order valence-corrected chi connectivity index (χ4v) is 5.22. The van der Waals surface area contributed by atoms with Crippen molar-refractivity contribution < 1.29 is 14.7 Å². The number of carbonyl (C=O) groups excluding carboxylic acids is 1. The molecular weight excluding hydrogens is 400 g/mol. The first-order valence-electron chi connectivity index (χ1n) is 9.13. The highest BCUT2D eigenvalue weighted by Crippen LogP contribution is 2.55. The van der Waals surface area contributed by atoms with Crippen LogP contribution in [0.15, 0.2) is 23.6 Å². The predicted molar refractivity (Wildman–Crippen MR) is 105 cm³/mol. The lowest BCUT2D eigenvalue weighted by Gasteiger charge is -2.50. The minimum atomic E-state index is -0.987. The van der Waals surface area contributed by atoms with Gasteiger partial charge in [-0.1, -0.05) is 22.5 Å². The average Bonchev–Trinajstić information content (AvgIpc) is 3.28. The second kappa shape index (κ2) is 6.28. The van der Waals surface area contributed by atoms with E-state index in [1.807, 2.05) is 12.1 Å². The zero-order valence-corrected chi connectivity index (χ0v) is 16.4. The molecule has 1 unspecified atom stereocenters. The highest BCUT2D eigenvalue weighted by Gasteiger charge is 2.56. The number of aromatic nitrogens is 3. The lowest BCUT2D eigenvalue weighted by Crippen LogP contribution is -2.54. The molecule has 2 aromatic heterocycles. The summed E-state index contributed by atoms with van der Waals surface area (Å²) in [4.78, 5) is 30.6. The average molecular weight is 417 g/mol. The number of nitrogens with one attached hydrogen (secondary N) is 1. The molecule has 1 aromatic carbocycles. The minimum absolute atomic E-state index is 0.262. The van der Waals surface area contributed by atoms with Crippen molar-refractivity contribution in [2.24, 2.45) is 5.41 Å². The Morgan fingerprint density at radius 1 is 1.36 bits per heavy atom. The lowest BCUT2D eigenvalue weighted by atomic mass is 9.61. The number of aromatic amines is 1. The van der Waals surface area contributed by atoms with Gasteiger partial charge in [0.05, 0.1) is 11.5 Å². The molecule has 1 fully saturated rings. The number of amides is 1. The fraction of sp³-hybridized carbons (Fsp3) is 0.368. The first kappa shape index (κ1) is 17.6. The van der Waals surface area contributed by atoms with Crippen LogP contribution in [0.1, 0.15) is 47.1 Å². The molecule has 0 spiro atoms. The Morgan fingerprint density at radius 3 is 2.82 bits per heavy atom. The smallest absolute Gasteiger partial charge is 0.312 e. The molecule has 3 heterocycles. The minimum Gasteiger partial charge on any atom is -0.481 e. The van der Waals surface area contributed by atoms with Gasteiger partial charge in [0.2, 0.25) is 0 Å². The Bertz CT molecular complexity index is 1090. The van der Waals surface area contributed by atoms with Crippen molar-refractivity contribution in [3.05, 3.63) is 45.6 Å². The van der Waals surface area contributed by atoms with Crippen molar-refractivity contribution in [1.82, 2.24) is 19.5 Å². The third-order valence-electron chi connectivity index (χ3n) is 6.12. The van der Waals surface area contributed by atoms with Crippen LogP contribution in [-0.2, 0) is 11.2 Å². The zero-order valence-electron chi connectivity index (χ0n) is 14.8. The number of aliphatic carboxylic acids is 1. The van der Waals surface area contributed by atoms with Crippen LogP contribution in [0.5, 0.6) is 0 Å². The van der Waals surface area contributed by atoms with E-state index in [1.165, 1.54) is 0 Å². The molecule has 1 atom stereocenters. The van der Waals surface area contributed by atoms with Crippen molar-refractivity contribution in [2.75, 3.05) is 6.54 Å². The van der Waals surface area contributed by atoms with Crippen LogP contribution in [0.25, 0.3) is 10.9 Å². The highest BCUT2D eigenvalue weighted by molar-refractivity contribution is 7.03. The summed E-state index contributed by atoms with van der Waals surface area (Å²) in [7, 11) is 0. The van der Waals surface area contributed by atoms with Crippen LogP contribution in [0.4, 0.5) is 0 Å². The Hall–Kier alpha value is -2.45. The normalized spacial score (nSPS) is 20.6. The number of hydrogen-bond acceptors (Lipinski definition) is 5. The molecule has 3 aromatic rings. The second-order valence-electron chi connectivity index (χ2n) is 7.46. The van der Waals surface area contributed by atoms with Gasteiger partial charge in [0.1, 0.15) is 0 Å². The van der Waals surface area contributed by atoms with Crippen LogP contribution in [0.3, 0.4) is 0 Å². The summed E-state index contributed by atoms with van der Waals surface area (Å²) in [6, 6.07) is 5.04. The second-order valence-corrected chi connectivity index (χ2v) is 8.51. The first-order valence-corrected chi connectivity index (χ1v) is 10.3. The zero-order chi connectivity index (χ0) is 19.5. The van der Waals surface area contributed by atoms with Gasteiger partial charge in [-0.15, -0.1) is 5.10 Å². The van der Waals surface area contributed by atoms with Gasteiger partial charge in [0.15, 0.2) is 5.69 Å². The number of hydrogen-bond donors (Lipinski definition) is 2. The van der Waals surface area contributed by atoms with Crippen LogP contribution in [0.2, 0.25) is 5.02 Å². The highest BCUT2D eigenvalue weighted by atomic mass is 35.5. The molecular formula is C19H17ClN4O3S. The molecule has 0 bridgehead atoms. The third-order valence-corrected chi connectivity index (χ3v) is 6.86. The molecule has 28 heavy (non-hydrogen) atoms. The van der Waals surface area contributed by atoms with Gasteiger partial charge in [-0.05, 0) is 54.6 Å². The van der Waals surface area contributed by atoms with E-state index < -0.39 is 17.4 Å². The van der Waals surface area contributed by atoms with Gasteiger partial charge in [-0.3, -0.25) is 9.59 Å². The number of halogens is 1. The van der Waals surface area contributed by atoms with E-state index in [0.29, 0.717) is 30.8 Å². The van der Waals surface area contributed by atoms with E-state index >= 15 is 0 Å². The van der Waals surface area contributed by atoms with E-state index in [2.05, 4.69) is 14.6 Å². The molecule has 1 amide bonds. The monoisotopic (exact) mass is 416 g/mol. The topological polar surface area (TPSA) is 99.2 Å². The maximum Gasteiger partial charge on any atom is 0.312 e. The molecule has 2 aliphatic rings. The quantitative estimate of drug-likeness (QED) is 0.678. The third kappa shape index (κ3) is 2.41. The van der Waals surface area contributed by atoms with Gasteiger partial charge in [-0.25, -0.2) is 0 Å². The molecule has 1 aliphatic carbocycles. The molecule has 144 valence electrons. The largest absolute Gasteiger partial charge is 0.481 e. The number of carboxylic acid groups (broad SMARTS) is 1. The molecule has 0 saturated heterocycles. The standard InChI is InChI=1S/C19H17ClN4O3S/c20-10-2-3-13-12(8-10)11-4-7-24(17(25)14-9-28-23-22-14)16(15(11)21-13)19(18(26)27)5-1-6-19/h2-3,8-9,16,21H,1,4-7H2,(H,26,27). The van der Waals surface area contributed by atoms with Crippen molar-refractivity contribution >= 4 is 45.9 Å². The molecule has 1 aliphatic heterocycles. The van der Waals surface area contributed by atoms with E-state index in [-0.39, 0.29) is 11.6 Å². The molecule has 1 saturated carbocycles. The van der Waals surface area contributed by atoms with Crippen LogP contribution in [0, 0.1) is 5.41 Å². The van der Waals surface area contributed by atoms with Crippen molar-refractivity contribution in [1.29, 1.82) is 0 Å². The summed E-state index contributed by atoms with van der Waals surface area (Å²) >= 11 is 7.30.